The molecule has 3 amide bonds. The first-order valence-electron chi connectivity index (χ1n) is 11.9. The van der Waals surface area contributed by atoms with Gasteiger partial charge in [-0.25, -0.2) is 13.6 Å². The summed E-state index contributed by atoms with van der Waals surface area (Å²) in [6.07, 6.45) is 4.83. The Morgan fingerprint density at radius 2 is 1.69 bits per heavy atom. The number of nitrogens with zero attached hydrogens (tertiary/aromatic N) is 6. The molecule has 2 saturated heterocycles. The van der Waals surface area contributed by atoms with Gasteiger partial charge in [-0.05, 0) is 19.3 Å². The van der Waals surface area contributed by atoms with E-state index in [4.69, 9.17) is 4.74 Å². The van der Waals surface area contributed by atoms with E-state index >= 15 is 0 Å². The largest absolute Gasteiger partial charge is 0.484 e. The third kappa shape index (κ3) is 4.82. The van der Waals surface area contributed by atoms with Gasteiger partial charge in [0.2, 0.25) is 5.96 Å². The van der Waals surface area contributed by atoms with Crippen molar-refractivity contribution in [2.45, 2.75) is 19.3 Å². The average Bonchev–Trinajstić information content (AvgIpc) is 3.24. The molecule has 0 spiro atoms. The lowest BCUT2D eigenvalue weighted by molar-refractivity contribution is -0.134. The molecule has 0 aromatic heterocycles. The van der Waals surface area contributed by atoms with E-state index in [0.29, 0.717) is 57.7 Å². The fourth-order valence-electron chi connectivity index (χ4n) is 4.76. The van der Waals surface area contributed by atoms with Gasteiger partial charge in [0, 0.05) is 64.6 Å². The number of hydrogen-bond donors (Lipinski definition) is 1. The number of guanidine groups is 1. The zero-order valence-electron chi connectivity index (χ0n) is 19.7. The Hall–Kier alpha value is -3.57. The van der Waals surface area contributed by atoms with Crippen molar-refractivity contribution in [1.29, 1.82) is 0 Å². The Labute approximate surface area is 202 Å². The van der Waals surface area contributed by atoms with Gasteiger partial charge in [0.25, 0.3) is 5.91 Å². The van der Waals surface area contributed by atoms with Crippen LogP contribution in [-0.2, 0) is 4.79 Å². The van der Waals surface area contributed by atoms with Crippen molar-refractivity contribution in [1.82, 2.24) is 24.9 Å². The summed E-state index contributed by atoms with van der Waals surface area (Å²) < 4.78 is 35.2. The minimum atomic E-state index is -0.739. The van der Waals surface area contributed by atoms with E-state index in [0.717, 1.165) is 31.4 Å². The molecule has 12 heteroatoms. The van der Waals surface area contributed by atoms with Gasteiger partial charge >= 0.3 is 6.03 Å². The molecular formula is C23H29F2N7O3. The van der Waals surface area contributed by atoms with E-state index in [1.54, 1.807) is 16.0 Å². The second-order valence-electron chi connectivity index (χ2n) is 9.12. The predicted molar refractivity (Wildman–Crippen MR) is 125 cm³/mol. The fourth-order valence-corrected chi connectivity index (χ4v) is 4.76. The highest BCUT2D eigenvalue weighted by Crippen LogP contribution is 2.29. The van der Waals surface area contributed by atoms with Crippen molar-refractivity contribution >= 4 is 23.6 Å². The third-order valence-electron chi connectivity index (χ3n) is 6.62. The third-order valence-corrected chi connectivity index (χ3v) is 6.62. The van der Waals surface area contributed by atoms with Crippen LogP contribution in [0.5, 0.6) is 5.75 Å². The topological polar surface area (TPSA) is 84.0 Å². The minimum absolute atomic E-state index is 0.00798. The van der Waals surface area contributed by atoms with E-state index in [1.165, 1.54) is 4.90 Å². The summed E-state index contributed by atoms with van der Waals surface area (Å²) in [5.41, 5.74) is -0.125. The number of piperidine rings is 1. The van der Waals surface area contributed by atoms with Crippen molar-refractivity contribution in [3.63, 3.8) is 0 Å². The normalized spacial score (nSPS) is 20.4. The highest BCUT2D eigenvalue weighted by atomic mass is 19.1. The number of amides is 3. The summed E-state index contributed by atoms with van der Waals surface area (Å²) >= 11 is 0. The Morgan fingerprint density at radius 3 is 2.37 bits per heavy atom. The van der Waals surface area contributed by atoms with Crippen LogP contribution in [0.25, 0.3) is 0 Å². The van der Waals surface area contributed by atoms with Crippen LogP contribution in [0.2, 0.25) is 0 Å². The molecular weight excluding hydrogens is 460 g/mol. The van der Waals surface area contributed by atoms with Crippen LogP contribution >= 0.6 is 0 Å². The Balaban J connectivity index is 1.20. The number of piperazine rings is 1. The number of benzene rings is 1. The summed E-state index contributed by atoms with van der Waals surface area (Å²) in [5.74, 6) is -0.650. The molecule has 0 radical (unpaired) electrons. The van der Waals surface area contributed by atoms with Crippen LogP contribution in [0.15, 0.2) is 29.1 Å². The number of likely N-dealkylation sites (tertiary alicyclic amines) is 1. The summed E-state index contributed by atoms with van der Waals surface area (Å²) in [5, 5.41) is 2.79. The predicted octanol–water partition coefficient (Wildman–Crippen LogP) is 1.56. The first kappa shape index (κ1) is 23.2. The highest BCUT2D eigenvalue weighted by molar-refractivity contribution is 5.99. The molecule has 1 aromatic carbocycles. The molecule has 0 unspecified atom stereocenters. The van der Waals surface area contributed by atoms with Crippen LogP contribution < -0.4 is 15.0 Å². The summed E-state index contributed by atoms with van der Waals surface area (Å²) in [7, 11) is 1.86. The first-order chi connectivity index (χ1) is 16.9. The van der Waals surface area contributed by atoms with Gasteiger partial charge in [0.15, 0.2) is 24.1 Å². The summed E-state index contributed by atoms with van der Waals surface area (Å²) in [6.45, 7) is 3.15. The molecule has 0 bridgehead atoms. The van der Waals surface area contributed by atoms with Gasteiger partial charge in [-0.2, -0.15) is 4.99 Å². The van der Waals surface area contributed by atoms with E-state index in [-0.39, 0.29) is 30.0 Å². The number of hydrogen-bond acceptors (Lipinski definition) is 7. The lowest BCUT2D eigenvalue weighted by atomic mass is 10.1. The van der Waals surface area contributed by atoms with Crippen LogP contribution in [0.4, 0.5) is 19.3 Å². The zero-order chi connectivity index (χ0) is 24.5. The Morgan fingerprint density at radius 1 is 1.03 bits per heavy atom. The van der Waals surface area contributed by atoms with Gasteiger partial charge in [0.1, 0.15) is 18.1 Å². The maximum atomic E-state index is 14.9. The number of fused-ring (bicyclic) bond motifs is 1. The van der Waals surface area contributed by atoms with Crippen molar-refractivity contribution in [3.05, 3.63) is 35.8 Å². The van der Waals surface area contributed by atoms with Gasteiger partial charge < -0.3 is 24.3 Å². The molecule has 1 N–H and O–H groups in total. The van der Waals surface area contributed by atoms with Gasteiger partial charge in [-0.15, -0.1) is 0 Å². The van der Waals surface area contributed by atoms with Crippen LogP contribution in [0, 0.1) is 11.6 Å². The average molecular weight is 490 g/mol. The lowest BCUT2D eigenvalue weighted by Crippen LogP contribution is -2.57. The van der Waals surface area contributed by atoms with Gasteiger partial charge in [-0.3, -0.25) is 15.0 Å². The molecule has 5 rings (SSSR count). The number of anilines is 1. The monoisotopic (exact) mass is 489 g/mol. The maximum Gasteiger partial charge on any atom is 0.331 e. The number of aliphatic imine (C=N–C) groups is 1. The van der Waals surface area contributed by atoms with E-state index in [9.17, 15) is 18.4 Å². The van der Waals surface area contributed by atoms with Crippen LogP contribution in [-0.4, -0.2) is 97.1 Å². The number of carbonyl (C=O) groups is 2. The molecule has 1 aromatic rings. The second kappa shape index (κ2) is 9.59. The number of halogens is 2. The quantitative estimate of drug-likeness (QED) is 0.691. The molecule has 0 atom stereocenters. The molecule has 4 heterocycles. The van der Waals surface area contributed by atoms with Gasteiger partial charge in [-0.1, -0.05) is 0 Å². The number of carbonyl (C=O) groups excluding carboxylic acids is 2. The number of nitrogens with one attached hydrogen (secondary N) is 1. The highest BCUT2D eigenvalue weighted by Gasteiger charge is 2.33. The van der Waals surface area contributed by atoms with Crippen molar-refractivity contribution in [3.8, 4) is 5.75 Å². The number of rotatable bonds is 4. The summed E-state index contributed by atoms with van der Waals surface area (Å²) in [6, 6.07) is 1.99. The van der Waals surface area contributed by atoms with Crippen molar-refractivity contribution in [2.24, 2.45) is 4.99 Å². The second-order valence-corrected chi connectivity index (χ2v) is 9.12. The lowest BCUT2D eigenvalue weighted by Gasteiger charge is -2.39. The molecule has 35 heavy (non-hydrogen) atoms. The molecule has 4 aliphatic rings. The Kier molecular flexibility index (Phi) is 6.35. The molecule has 2 fully saturated rings. The zero-order valence-corrected chi connectivity index (χ0v) is 19.7. The SMILES string of the molecule is CN1C=C2N=C(N3CCN(c4c(F)cc(OCC(=O)N5CCCCC5)cc4F)CC3)NC(=O)N2C1. The molecule has 0 saturated carbocycles. The van der Waals surface area contributed by atoms with Crippen molar-refractivity contribution < 1.29 is 23.1 Å². The van der Waals surface area contributed by atoms with Crippen LogP contribution in [0.1, 0.15) is 19.3 Å². The van der Waals surface area contributed by atoms with E-state index < -0.39 is 11.6 Å². The maximum absolute atomic E-state index is 14.9. The standard InChI is InChI=1S/C23H29F2N7O3/c1-28-13-19-26-22(27-23(34)32(19)15-28)31-9-7-30(8-10-31)21-17(24)11-16(12-18(21)25)35-14-20(33)29-5-3-2-4-6-29/h11-13H,2-10,14-15H2,1H3,(H,26,27,34). The molecule has 10 nitrogen and oxygen atoms in total. The smallest absolute Gasteiger partial charge is 0.331 e. The van der Waals surface area contributed by atoms with E-state index in [1.807, 2.05) is 16.8 Å². The molecule has 4 aliphatic heterocycles. The Bertz CT molecular complexity index is 1040. The van der Waals surface area contributed by atoms with Crippen molar-refractivity contribution in [2.75, 3.05) is 64.5 Å². The van der Waals surface area contributed by atoms with Crippen LogP contribution in [0.3, 0.4) is 0 Å². The summed E-state index contributed by atoms with van der Waals surface area (Å²) in [4.78, 5) is 37.8. The minimum Gasteiger partial charge on any atom is -0.484 e. The molecule has 0 aliphatic carbocycles. The fraction of sp³-hybridized carbons (Fsp3) is 0.522. The molecule has 188 valence electrons. The van der Waals surface area contributed by atoms with Gasteiger partial charge in [0.05, 0.1) is 0 Å². The number of ether oxygens (including phenoxy) is 1. The van der Waals surface area contributed by atoms with E-state index in [2.05, 4.69) is 10.3 Å². The number of urea groups is 1. The first-order valence-corrected chi connectivity index (χ1v) is 11.9.